The minimum absolute atomic E-state index is 0.141. The van der Waals surface area contributed by atoms with Crippen molar-refractivity contribution in [3.63, 3.8) is 0 Å². The summed E-state index contributed by atoms with van der Waals surface area (Å²) in [6, 6.07) is 0. The van der Waals surface area contributed by atoms with E-state index in [0.29, 0.717) is 24.3 Å². The van der Waals surface area contributed by atoms with Crippen molar-refractivity contribution in [3.05, 3.63) is 17.5 Å². The van der Waals surface area contributed by atoms with Gasteiger partial charge in [0.1, 0.15) is 0 Å². The van der Waals surface area contributed by atoms with E-state index in [0.717, 1.165) is 6.26 Å². The van der Waals surface area contributed by atoms with Crippen molar-refractivity contribution in [2.45, 2.75) is 18.6 Å². The smallest absolute Gasteiger partial charge is 0.257 e. The molecule has 1 aliphatic rings. The van der Waals surface area contributed by atoms with Crippen LogP contribution in [-0.2, 0) is 16.4 Å². The summed E-state index contributed by atoms with van der Waals surface area (Å²) < 4.78 is 22.5. The Labute approximate surface area is 93.2 Å². The molecule has 0 unspecified atom stereocenters. The Morgan fingerprint density at radius 3 is 2.75 bits per heavy atom. The van der Waals surface area contributed by atoms with Crippen molar-refractivity contribution in [2.75, 3.05) is 12.8 Å². The van der Waals surface area contributed by atoms with Gasteiger partial charge in [-0.3, -0.25) is 4.79 Å². The lowest BCUT2D eigenvalue weighted by atomic mass is 10.3. The van der Waals surface area contributed by atoms with E-state index in [4.69, 9.17) is 0 Å². The predicted molar refractivity (Wildman–Crippen MR) is 55.6 cm³/mol. The van der Waals surface area contributed by atoms with Gasteiger partial charge in [0.15, 0.2) is 0 Å². The molecule has 0 atom stereocenters. The van der Waals surface area contributed by atoms with E-state index >= 15 is 0 Å². The van der Waals surface area contributed by atoms with Crippen LogP contribution < -0.4 is 0 Å². The number of aromatic nitrogens is 2. The number of amides is 1. The fourth-order valence-corrected chi connectivity index (χ4v) is 2.08. The molecule has 0 spiro atoms. The summed E-state index contributed by atoms with van der Waals surface area (Å²) >= 11 is 0. The SMILES string of the molecule is CCN1Cc2nc(S(C)(=O)=O)ncc2C1=O. The van der Waals surface area contributed by atoms with E-state index in [1.807, 2.05) is 6.92 Å². The maximum Gasteiger partial charge on any atom is 0.257 e. The van der Waals surface area contributed by atoms with E-state index < -0.39 is 9.84 Å². The van der Waals surface area contributed by atoms with E-state index in [-0.39, 0.29) is 11.1 Å². The molecule has 0 bridgehead atoms. The van der Waals surface area contributed by atoms with Gasteiger partial charge in [-0.05, 0) is 6.92 Å². The third-order valence-corrected chi connectivity index (χ3v) is 3.28. The zero-order valence-corrected chi connectivity index (χ0v) is 9.78. The number of hydrogen-bond donors (Lipinski definition) is 0. The van der Waals surface area contributed by atoms with Crippen LogP contribution in [0.2, 0.25) is 0 Å². The second-order valence-electron chi connectivity index (χ2n) is 3.60. The Kier molecular flexibility index (Phi) is 2.42. The largest absolute Gasteiger partial charge is 0.333 e. The number of fused-ring (bicyclic) bond motifs is 1. The second kappa shape index (κ2) is 3.51. The fourth-order valence-electron chi connectivity index (χ4n) is 1.55. The zero-order valence-electron chi connectivity index (χ0n) is 8.97. The molecule has 7 heteroatoms. The summed E-state index contributed by atoms with van der Waals surface area (Å²) in [4.78, 5) is 20.9. The first-order valence-electron chi connectivity index (χ1n) is 4.78. The van der Waals surface area contributed by atoms with Crippen molar-refractivity contribution >= 4 is 15.7 Å². The van der Waals surface area contributed by atoms with E-state index in [1.165, 1.54) is 6.20 Å². The van der Waals surface area contributed by atoms with Gasteiger partial charge in [0.05, 0.1) is 17.8 Å². The molecule has 2 rings (SSSR count). The number of carbonyl (C=O) groups is 1. The van der Waals surface area contributed by atoms with Gasteiger partial charge in [0, 0.05) is 19.0 Å². The van der Waals surface area contributed by atoms with Crippen LogP contribution in [0.25, 0.3) is 0 Å². The molecule has 1 aromatic heterocycles. The van der Waals surface area contributed by atoms with Crippen molar-refractivity contribution < 1.29 is 13.2 Å². The molecule has 86 valence electrons. The van der Waals surface area contributed by atoms with Gasteiger partial charge in [-0.2, -0.15) is 0 Å². The number of rotatable bonds is 2. The molecular formula is C9H11N3O3S. The number of nitrogens with zero attached hydrogens (tertiary/aromatic N) is 3. The van der Waals surface area contributed by atoms with Crippen LogP contribution in [0, 0.1) is 0 Å². The first-order chi connectivity index (χ1) is 7.43. The third-order valence-electron chi connectivity index (χ3n) is 2.42. The summed E-state index contributed by atoms with van der Waals surface area (Å²) in [6.45, 7) is 2.79. The van der Waals surface area contributed by atoms with Crippen LogP contribution in [0.5, 0.6) is 0 Å². The molecule has 1 aliphatic heterocycles. The quantitative estimate of drug-likeness (QED) is 0.673. The Bertz CT molecular complexity index is 553. The molecule has 0 aliphatic carbocycles. The standard InChI is InChI=1S/C9H11N3O3S/c1-3-12-5-7-6(8(12)13)4-10-9(11-7)16(2,14)15/h4H,3,5H2,1-2H3. The average Bonchev–Trinajstić information content (AvgIpc) is 2.54. The molecule has 0 saturated carbocycles. The van der Waals surface area contributed by atoms with Gasteiger partial charge >= 0.3 is 0 Å². The average molecular weight is 241 g/mol. The van der Waals surface area contributed by atoms with Gasteiger partial charge in [-0.15, -0.1) is 0 Å². The molecule has 0 aromatic carbocycles. The summed E-state index contributed by atoms with van der Waals surface area (Å²) in [5, 5.41) is -0.225. The van der Waals surface area contributed by atoms with E-state index in [2.05, 4.69) is 9.97 Å². The van der Waals surface area contributed by atoms with Crippen molar-refractivity contribution in [3.8, 4) is 0 Å². The minimum atomic E-state index is -3.42. The van der Waals surface area contributed by atoms with Crippen molar-refractivity contribution in [1.82, 2.24) is 14.9 Å². The molecule has 1 amide bonds. The fraction of sp³-hybridized carbons (Fsp3) is 0.444. The van der Waals surface area contributed by atoms with Crippen LogP contribution in [0.3, 0.4) is 0 Å². The molecular weight excluding hydrogens is 230 g/mol. The lowest BCUT2D eigenvalue weighted by Gasteiger charge is -2.10. The summed E-state index contributed by atoms with van der Waals surface area (Å²) in [7, 11) is -3.42. The molecule has 0 saturated heterocycles. The Hall–Kier alpha value is -1.50. The van der Waals surface area contributed by atoms with Crippen LogP contribution >= 0.6 is 0 Å². The monoisotopic (exact) mass is 241 g/mol. The summed E-state index contributed by atoms with van der Waals surface area (Å²) in [6.07, 6.45) is 2.33. The maximum atomic E-state index is 11.7. The van der Waals surface area contributed by atoms with Gasteiger partial charge in [0.2, 0.25) is 15.0 Å². The predicted octanol–water partition coefficient (Wildman–Crippen LogP) is -0.144. The van der Waals surface area contributed by atoms with Crippen LogP contribution in [0.1, 0.15) is 23.0 Å². The molecule has 6 nitrogen and oxygen atoms in total. The maximum absolute atomic E-state index is 11.7. The van der Waals surface area contributed by atoms with Gasteiger partial charge in [0.25, 0.3) is 5.91 Å². The second-order valence-corrected chi connectivity index (χ2v) is 5.51. The topological polar surface area (TPSA) is 80.2 Å². The van der Waals surface area contributed by atoms with Crippen LogP contribution in [0.15, 0.2) is 11.4 Å². The molecule has 1 aromatic rings. The highest BCUT2D eigenvalue weighted by atomic mass is 32.2. The normalized spacial score (nSPS) is 15.4. The van der Waals surface area contributed by atoms with Gasteiger partial charge in [-0.25, -0.2) is 18.4 Å². The molecule has 16 heavy (non-hydrogen) atoms. The lowest BCUT2D eigenvalue weighted by Crippen LogP contribution is -2.22. The Morgan fingerprint density at radius 2 is 2.19 bits per heavy atom. The number of sulfone groups is 1. The summed E-state index contributed by atoms with van der Waals surface area (Å²) in [5.74, 6) is -0.141. The van der Waals surface area contributed by atoms with Crippen molar-refractivity contribution in [2.24, 2.45) is 0 Å². The van der Waals surface area contributed by atoms with Gasteiger partial charge < -0.3 is 4.90 Å². The van der Waals surface area contributed by atoms with Crippen molar-refractivity contribution in [1.29, 1.82) is 0 Å². The third kappa shape index (κ3) is 1.67. The highest BCUT2D eigenvalue weighted by Crippen LogP contribution is 2.20. The Morgan fingerprint density at radius 1 is 1.50 bits per heavy atom. The zero-order chi connectivity index (χ0) is 11.9. The molecule has 0 N–H and O–H groups in total. The lowest BCUT2D eigenvalue weighted by molar-refractivity contribution is 0.0786. The van der Waals surface area contributed by atoms with Crippen LogP contribution in [-0.4, -0.2) is 42.0 Å². The van der Waals surface area contributed by atoms with Gasteiger partial charge in [-0.1, -0.05) is 0 Å². The Balaban J connectivity index is 2.49. The molecule has 0 fully saturated rings. The number of hydrogen-bond acceptors (Lipinski definition) is 5. The first kappa shape index (κ1) is 11.0. The number of carbonyl (C=O) groups excluding carboxylic acids is 1. The molecule has 2 heterocycles. The van der Waals surface area contributed by atoms with E-state index in [9.17, 15) is 13.2 Å². The highest BCUT2D eigenvalue weighted by Gasteiger charge is 2.29. The highest BCUT2D eigenvalue weighted by molar-refractivity contribution is 7.90. The minimum Gasteiger partial charge on any atom is -0.333 e. The van der Waals surface area contributed by atoms with E-state index in [1.54, 1.807) is 4.90 Å². The van der Waals surface area contributed by atoms with Crippen LogP contribution in [0.4, 0.5) is 0 Å². The first-order valence-corrected chi connectivity index (χ1v) is 6.68. The summed E-state index contributed by atoms with van der Waals surface area (Å²) in [5.41, 5.74) is 0.886. The molecule has 0 radical (unpaired) electrons.